The Morgan fingerprint density at radius 1 is 1.80 bits per heavy atom. The monoisotopic (exact) mass is 161 g/mol. The molecule has 0 bridgehead atoms. The zero-order chi connectivity index (χ0) is 7.98. The second-order valence-electron chi connectivity index (χ2n) is 1.66. The third kappa shape index (κ3) is 4.66. The Morgan fingerprint density at radius 3 is 2.80 bits per heavy atom. The van der Waals surface area contributed by atoms with E-state index in [-0.39, 0.29) is 0 Å². The van der Waals surface area contributed by atoms with Crippen LogP contribution < -0.4 is 11.5 Å². The molecule has 0 amide bonds. The van der Waals surface area contributed by atoms with Gasteiger partial charge >= 0.3 is 5.97 Å². The molecular weight excluding hydrogens is 151 g/mol. The van der Waals surface area contributed by atoms with E-state index in [0.29, 0.717) is 12.3 Å². The minimum atomic E-state index is -1.01. The van der Waals surface area contributed by atoms with Gasteiger partial charge in [0, 0.05) is 6.54 Å². The van der Waals surface area contributed by atoms with Gasteiger partial charge in [-0.1, -0.05) is 0 Å². The lowest BCUT2D eigenvalue weighted by atomic mass is 9.96. The first kappa shape index (κ1) is 9.80. The summed E-state index contributed by atoms with van der Waals surface area (Å²) >= 11 is 1.33. The van der Waals surface area contributed by atoms with Gasteiger partial charge in [-0.15, -0.1) is 0 Å². The summed E-state index contributed by atoms with van der Waals surface area (Å²) in [5.74, 6) is -1.18. The van der Waals surface area contributed by atoms with Gasteiger partial charge in [0.15, 0.2) is 0 Å². The minimum Gasteiger partial charge on any atom is -0.481 e. The average Bonchev–Trinajstić information content (AvgIpc) is 1.88. The molecule has 0 aromatic heterocycles. The Bertz CT molecular complexity index is 113. The van der Waals surface area contributed by atoms with Gasteiger partial charge in [0.25, 0.3) is 0 Å². The molecule has 0 fully saturated rings. The summed E-state index contributed by atoms with van der Waals surface area (Å²) in [7, 11) is 0. The van der Waals surface area contributed by atoms with Crippen LogP contribution in [0.2, 0.25) is 0 Å². The van der Waals surface area contributed by atoms with E-state index in [0.717, 1.165) is 0 Å². The van der Waals surface area contributed by atoms with Gasteiger partial charge in [0.05, 0.1) is 5.94 Å². The molecule has 0 saturated carbocycles. The van der Waals surface area contributed by atoms with Crippen LogP contribution in [0.1, 0.15) is 0 Å². The SMILES string of the molecule is NCCS[B]C(N)C(=O)O. The van der Waals surface area contributed by atoms with Crippen molar-refractivity contribution >= 4 is 24.1 Å². The second-order valence-corrected chi connectivity index (χ2v) is 2.67. The van der Waals surface area contributed by atoms with Crippen molar-refractivity contribution in [3.05, 3.63) is 0 Å². The summed E-state index contributed by atoms with van der Waals surface area (Å²) in [5, 5.41) is 8.28. The van der Waals surface area contributed by atoms with Crippen molar-refractivity contribution in [3.8, 4) is 0 Å². The predicted octanol–water partition coefficient (Wildman–Crippen LogP) is -1.33. The van der Waals surface area contributed by atoms with Crippen molar-refractivity contribution in [1.82, 2.24) is 0 Å². The number of hydrogen-bond donors (Lipinski definition) is 3. The van der Waals surface area contributed by atoms with E-state index >= 15 is 0 Å². The summed E-state index contributed by atoms with van der Waals surface area (Å²) in [5.41, 5.74) is 10.3. The fourth-order valence-corrected chi connectivity index (χ4v) is 0.894. The van der Waals surface area contributed by atoms with Gasteiger partial charge in [-0.25, -0.2) is 11.6 Å². The summed E-state index contributed by atoms with van der Waals surface area (Å²) in [6.07, 6.45) is 0. The standard InChI is InChI=1S/C4H10BN2O2S/c6-1-2-10-5-3(7)4(8)9/h3H,1-2,6-7H2,(H,8,9). The van der Waals surface area contributed by atoms with Crippen molar-refractivity contribution in [2.75, 3.05) is 12.3 Å². The number of carboxylic acids is 1. The fourth-order valence-electron chi connectivity index (χ4n) is 0.298. The fraction of sp³-hybridized carbons (Fsp3) is 0.750. The third-order valence-corrected chi connectivity index (χ3v) is 1.72. The van der Waals surface area contributed by atoms with Crippen molar-refractivity contribution < 1.29 is 9.90 Å². The van der Waals surface area contributed by atoms with Crippen molar-refractivity contribution in [2.24, 2.45) is 11.5 Å². The molecule has 0 heterocycles. The first-order valence-corrected chi connectivity index (χ1v) is 3.86. The molecule has 10 heavy (non-hydrogen) atoms. The maximum absolute atomic E-state index is 10.1. The van der Waals surface area contributed by atoms with Crippen molar-refractivity contribution in [1.29, 1.82) is 0 Å². The molecule has 5 N–H and O–H groups in total. The van der Waals surface area contributed by atoms with Crippen LogP contribution >= 0.6 is 11.6 Å². The highest BCUT2D eigenvalue weighted by Crippen LogP contribution is 1.95. The van der Waals surface area contributed by atoms with E-state index in [1.54, 1.807) is 0 Å². The highest BCUT2D eigenvalue weighted by Gasteiger charge is 2.11. The van der Waals surface area contributed by atoms with Gasteiger partial charge in [0.2, 0.25) is 6.56 Å². The normalized spacial score (nSPS) is 12.6. The third-order valence-electron chi connectivity index (χ3n) is 0.764. The topological polar surface area (TPSA) is 89.3 Å². The maximum atomic E-state index is 10.1. The zero-order valence-electron chi connectivity index (χ0n) is 5.49. The van der Waals surface area contributed by atoms with E-state index in [1.165, 1.54) is 18.2 Å². The molecule has 1 unspecified atom stereocenters. The van der Waals surface area contributed by atoms with E-state index in [2.05, 4.69) is 0 Å². The molecule has 4 nitrogen and oxygen atoms in total. The van der Waals surface area contributed by atoms with Crippen LogP contribution in [0.4, 0.5) is 0 Å². The first-order valence-electron chi connectivity index (χ1n) is 2.82. The van der Waals surface area contributed by atoms with E-state index in [1.807, 2.05) is 0 Å². The first-order chi connectivity index (χ1) is 4.68. The molecule has 6 heteroatoms. The second kappa shape index (κ2) is 5.58. The number of rotatable bonds is 5. The van der Waals surface area contributed by atoms with Crippen molar-refractivity contribution in [2.45, 2.75) is 5.94 Å². The Hall–Kier alpha value is -0.195. The molecule has 0 saturated heterocycles. The minimum absolute atomic E-state index is 0.535. The van der Waals surface area contributed by atoms with Crippen LogP contribution in [-0.4, -0.2) is 35.9 Å². The molecule has 0 rings (SSSR count). The summed E-state index contributed by atoms with van der Waals surface area (Å²) in [6, 6.07) is 0. The molecule has 1 atom stereocenters. The quantitative estimate of drug-likeness (QED) is 0.343. The molecule has 0 spiro atoms. The number of hydrogen-bond acceptors (Lipinski definition) is 4. The molecule has 0 aliphatic heterocycles. The van der Waals surface area contributed by atoms with Crippen LogP contribution in [0.3, 0.4) is 0 Å². The van der Waals surface area contributed by atoms with Gasteiger partial charge < -0.3 is 16.6 Å². The van der Waals surface area contributed by atoms with Crippen LogP contribution in [-0.2, 0) is 4.79 Å². The zero-order valence-corrected chi connectivity index (χ0v) is 6.30. The number of carboxylic acid groups (broad SMARTS) is 1. The molecule has 0 aliphatic rings. The van der Waals surface area contributed by atoms with Gasteiger partial charge in [-0.3, -0.25) is 4.79 Å². The van der Waals surface area contributed by atoms with Crippen LogP contribution in [0, 0.1) is 0 Å². The Labute approximate surface area is 64.5 Å². The Kier molecular flexibility index (Phi) is 5.47. The number of aliphatic carboxylic acids is 1. The van der Waals surface area contributed by atoms with Crippen LogP contribution in [0.25, 0.3) is 0 Å². The summed E-state index contributed by atoms with van der Waals surface area (Å²) in [6.45, 7) is 2.00. The number of carbonyl (C=O) groups is 1. The molecule has 1 radical (unpaired) electrons. The predicted molar refractivity (Wildman–Crippen MR) is 42.9 cm³/mol. The summed E-state index contributed by atoms with van der Waals surface area (Å²) in [4.78, 5) is 10.1. The molecule has 57 valence electrons. The molecular formula is C4H10BN2O2S. The largest absolute Gasteiger partial charge is 0.481 e. The lowest BCUT2D eigenvalue weighted by molar-refractivity contribution is -0.136. The highest BCUT2D eigenvalue weighted by atomic mass is 32.2. The van der Waals surface area contributed by atoms with E-state index in [4.69, 9.17) is 16.6 Å². The maximum Gasteiger partial charge on any atom is 0.312 e. The summed E-state index contributed by atoms with van der Waals surface area (Å²) < 4.78 is 0. The van der Waals surface area contributed by atoms with Crippen LogP contribution in [0.5, 0.6) is 0 Å². The van der Waals surface area contributed by atoms with Crippen molar-refractivity contribution in [3.63, 3.8) is 0 Å². The Balaban J connectivity index is 3.21. The molecule has 0 aliphatic carbocycles. The smallest absolute Gasteiger partial charge is 0.312 e. The van der Waals surface area contributed by atoms with Gasteiger partial charge in [0.1, 0.15) is 0 Å². The number of nitrogens with two attached hydrogens (primary N) is 2. The van der Waals surface area contributed by atoms with Gasteiger partial charge in [-0.2, -0.15) is 0 Å². The van der Waals surface area contributed by atoms with Crippen LogP contribution in [0.15, 0.2) is 0 Å². The molecule has 0 aromatic rings. The van der Waals surface area contributed by atoms with Gasteiger partial charge in [-0.05, 0) is 5.75 Å². The van der Waals surface area contributed by atoms with E-state index in [9.17, 15) is 4.79 Å². The highest BCUT2D eigenvalue weighted by molar-refractivity contribution is 8.22. The van der Waals surface area contributed by atoms with E-state index < -0.39 is 11.9 Å². The lowest BCUT2D eigenvalue weighted by Gasteiger charge is -2.01. The average molecular weight is 161 g/mol. The molecule has 0 aromatic carbocycles. The lowest BCUT2D eigenvalue weighted by Crippen LogP contribution is -2.35. The Morgan fingerprint density at radius 2 is 2.40 bits per heavy atom.